The average Bonchev–Trinajstić information content (AvgIpc) is 2.37. The monoisotopic (exact) mass is 267 g/mol. The number of aliphatic carboxylic acids is 1. The molecule has 0 rings (SSSR count). The molecule has 0 aromatic rings. The van der Waals surface area contributed by atoms with Crippen LogP contribution in [0.25, 0.3) is 0 Å². The Morgan fingerprint density at radius 3 is 2.17 bits per heavy atom. The highest BCUT2D eigenvalue weighted by Crippen LogP contribution is 2.13. The molecule has 0 aromatic heterocycles. The van der Waals surface area contributed by atoms with Gasteiger partial charge in [0.15, 0.2) is 6.10 Å². The molecule has 0 fully saturated rings. The molecule has 0 aliphatic heterocycles. The van der Waals surface area contributed by atoms with Crippen LogP contribution in [-0.2, 0) is 9.53 Å². The van der Waals surface area contributed by atoms with Crippen LogP contribution in [0.1, 0.15) is 13.3 Å². The van der Waals surface area contributed by atoms with Crippen molar-refractivity contribution in [3.8, 4) is 0 Å². The molecular weight excluding hydrogens is 246 g/mol. The van der Waals surface area contributed by atoms with E-state index in [1.807, 2.05) is 0 Å². The van der Waals surface area contributed by atoms with Gasteiger partial charge in [-0.2, -0.15) is 0 Å². The summed E-state index contributed by atoms with van der Waals surface area (Å²) in [4.78, 5) is 10.8. The molecule has 18 heavy (non-hydrogen) atoms. The summed E-state index contributed by atoms with van der Waals surface area (Å²) < 4.78 is 5.09. The zero-order valence-electron chi connectivity index (χ0n) is 10.1. The van der Waals surface area contributed by atoms with Crippen LogP contribution in [-0.4, -0.2) is 75.2 Å². The molecule has 0 saturated heterocycles. The minimum Gasteiger partial charge on any atom is -0.479 e. The maximum Gasteiger partial charge on any atom is 0.332 e. The molecule has 8 nitrogen and oxygen atoms in total. The van der Waals surface area contributed by atoms with E-state index in [2.05, 4.69) is 0 Å². The Balaban J connectivity index is 4.82. The number of carboxylic acids is 1. The van der Waals surface area contributed by atoms with Crippen molar-refractivity contribution in [2.24, 2.45) is 5.73 Å². The van der Waals surface area contributed by atoms with Gasteiger partial charge in [0, 0.05) is 0 Å². The molecule has 5 atom stereocenters. The molecule has 0 bridgehead atoms. The van der Waals surface area contributed by atoms with Crippen LogP contribution in [0.15, 0.2) is 0 Å². The fourth-order valence-corrected chi connectivity index (χ4v) is 1.38. The van der Waals surface area contributed by atoms with E-state index in [0.29, 0.717) is 0 Å². The number of ether oxygens (including phenoxy) is 1. The van der Waals surface area contributed by atoms with Crippen LogP contribution >= 0.6 is 0 Å². The summed E-state index contributed by atoms with van der Waals surface area (Å²) in [6.07, 6.45) is -5.50. The summed E-state index contributed by atoms with van der Waals surface area (Å²) in [6.45, 7) is 0.272. The first-order valence-corrected chi connectivity index (χ1v) is 5.60. The molecule has 0 aliphatic carbocycles. The van der Waals surface area contributed by atoms with E-state index in [0.717, 1.165) is 0 Å². The van der Waals surface area contributed by atoms with E-state index in [9.17, 15) is 15.0 Å². The second-order valence-corrected chi connectivity index (χ2v) is 3.92. The molecule has 108 valence electrons. The Bertz CT molecular complexity index is 250. The van der Waals surface area contributed by atoms with Crippen molar-refractivity contribution in [1.29, 1.82) is 0 Å². The topological polar surface area (TPSA) is 153 Å². The molecule has 0 saturated carbocycles. The van der Waals surface area contributed by atoms with Gasteiger partial charge in [0.2, 0.25) is 0 Å². The summed E-state index contributed by atoms with van der Waals surface area (Å²) in [5.41, 5.74) is 5.49. The van der Waals surface area contributed by atoms with E-state index in [1.54, 1.807) is 6.92 Å². The van der Waals surface area contributed by atoms with Crippen molar-refractivity contribution < 1.29 is 35.1 Å². The number of nitrogens with two attached hydrogens (primary N) is 1. The Hall–Kier alpha value is -0.770. The molecule has 0 radical (unpaired) electrons. The predicted molar refractivity (Wildman–Crippen MR) is 60.7 cm³/mol. The largest absolute Gasteiger partial charge is 0.479 e. The molecule has 0 aliphatic rings. The van der Waals surface area contributed by atoms with Crippen molar-refractivity contribution in [3.63, 3.8) is 0 Å². The first-order chi connectivity index (χ1) is 8.38. The minimum absolute atomic E-state index is 0.131. The van der Waals surface area contributed by atoms with Gasteiger partial charge >= 0.3 is 5.97 Å². The fraction of sp³-hybridized carbons (Fsp3) is 0.900. The molecule has 0 heterocycles. The summed E-state index contributed by atoms with van der Waals surface area (Å²) in [6, 6.07) is -1.07. The van der Waals surface area contributed by atoms with Crippen molar-refractivity contribution in [1.82, 2.24) is 0 Å². The lowest BCUT2D eigenvalue weighted by Gasteiger charge is -2.31. The van der Waals surface area contributed by atoms with Crippen LogP contribution in [0.4, 0.5) is 0 Å². The lowest BCUT2D eigenvalue weighted by molar-refractivity contribution is -0.170. The van der Waals surface area contributed by atoms with E-state index in [4.69, 9.17) is 25.8 Å². The maximum atomic E-state index is 10.8. The van der Waals surface area contributed by atoms with E-state index < -0.39 is 49.6 Å². The minimum atomic E-state index is -1.59. The van der Waals surface area contributed by atoms with Crippen molar-refractivity contribution in [2.75, 3.05) is 13.2 Å². The highest BCUT2D eigenvalue weighted by molar-refractivity contribution is 5.72. The normalized spacial score (nSPS) is 19.9. The third kappa shape index (κ3) is 4.84. The van der Waals surface area contributed by atoms with Gasteiger partial charge in [-0.3, -0.25) is 0 Å². The summed E-state index contributed by atoms with van der Waals surface area (Å²) in [5, 5.41) is 45.5. The number of carbonyl (C=O) groups is 1. The van der Waals surface area contributed by atoms with Gasteiger partial charge in [-0.1, -0.05) is 6.92 Å². The number of hydrogen-bond donors (Lipinski definition) is 6. The van der Waals surface area contributed by atoms with Gasteiger partial charge in [0.25, 0.3) is 0 Å². The molecule has 7 N–H and O–H groups in total. The standard InChI is InChI=1S/C10H21NO7/c1-2-7(10(16)17)18-9(5(11)3-12)8(15)6(14)4-13/h5-9,12-15H,2-4,11H2,1H3,(H,16,17)/t5-,6+,7?,8+,9?/m0/s1. The van der Waals surface area contributed by atoms with Gasteiger partial charge in [-0.15, -0.1) is 0 Å². The lowest BCUT2D eigenvalue weighted by Crippen LogP contribution is -2.54. The summed E-state index contributed by atoms with van der Waals surface area (Å²) >= 11 is 0. The van der Waals surface area contributed by atoms with E-state index in [-0.39, 0.29) is 6.42 Å². The second-order valence-electron chi connectivity index (χ2n) is 3.92. The number of carboxylic acid groups (broad SMARTS) is 1. The lowest BCUT2D eigenvalue weighted by atomic mass is 10.0. The van der Waals surface area contributed by atoms with Crippen molar-refractivity contribution in [3.05, 3.63) is 0 Å². The Morgan fingerprint density at radius 2 is 1.83 bits per heavy atom. The van der Waals surface area contributed by atoms with Crippen molar-refractivity contribution >= 4 is 5.97 Å². The third-order valence-electron chi connectivity index (χ3n) is 2.52. The molecule has 0 spiro atoms. The number of aliphatic hydroxyl groups excluding tert-OH is 4. The van der Waals surface area contributed by atoms with Crippen molar-refractivity contribution in [2.45, 2.75) is 43.8 Å². The van der Waals surface area contributed by atoms with Gasteiger partial charge in [-0.05, 0) is 6.42 Å². The first-order valence-electron chi connectivity index (χ1n) is 5.60. The smallest absolute Gasteiger partial charge is 0.332 e. The highest BCUT2D eigenvalue weighted by Gasteiger charge is 2.34. The van der Waals surface area contributed by atoms with Crippen LogP contribution in [0.5, 0.6) is 0 Å². The van der Waals surface area contributed by atoms with Gasteiger partial charge in [-0.25, -0.2) is 4.79 Å². The van der Waals surface area contributed by atoms with E-state index >= 15 is 0 Å². The number of rotatable bonds is 9. The van der Waals surface area contributed by atoms with Gasteiger partial charge in [0.05, 0.1) is 19.3 Å². The molecular formula is C10H21NO7. The van der Waals surface area contributed by atoms with Gasteiger partial charge in [0.1, 0.15) is 18.3 Å². The molecule has 2 unspecified atom stereocenters. The van der Waals surface area contributed by atoms with Gasteiger partial charge < -0.3 is 36.0 Å². The maximum absolute atomic E-state index is 10.8. The summed E-state index contributed by atoms with van der Waals surface area (Å²) in [5.74, 6) is -1.24. The zero-order valence-corrected chi connectivity index (χ0v) is 10.1. The van der Waals surface area contributed by atoms with Crippen LogP contribution < -0.4 is 5.73 Å². The number of hydrogen-bond acceptors (Lipinski definition) is 7. The zero-order chi connectivity index (χ0) is 14.3. The molecule has 0 amide bonds. The predicted octanol–water partition coefficient (Wildman–Crippen LogP) is -2.73. The van der Waals surface area contributed by atoms with Crippen LogP contribution in [0.2, 0.25) is 0 Å². The first kappa shape index (κ1) is 17.2. The molecule has 8 heteroatoms. The quantitative estimate of drug-likeness (QED) is 0.263. The van der Waals surface area contributed by atoms with E-state index in [1.165, 1.54) is 0 Å². The Labute approximate surface area is 105 Å². The third-order valence-corrected chi connectivity index (χ3v) is 2.52. The van der Waals surface area contributed by atoms with Crippen LogP contribution in [0, 0.1) is 0 Å². The summed E-state index contributed by atoms with van der Waals surface area (Å²) in [7, 11) is 0. The number of aliphatic hydroxyl groups is 4. The SMILES string of the molecule is CCC(OC([C@@H](N)CO)[C@H](O)[C@H](O)CO)C(=O)O. The second kappa shape index (κ2) is 8.35. The van der Waals surface area contributed by atoms with Crippen LogP contribution in [0.3, 0.4) is 0 Å². The Kier molecular flexibility index (Phi) is 8.00. The fourth-order valence-electron chi connectivity index (χ4n) is 1.38. The Morgan fingerprint density at radius 1 is 1.28 bits per heavy atom. The highest BCUT2D eigenvalue weighted by atomic mass is 16.5. The average molecular weight is 267 g/mol. The molecule has 0 aromatic carbocycles.